The number of ether oxygens (including phenoxy) is 1. The van der Waals surface area contributed by atoms with Crippen LogP contribution in [0.1, 0.15) is 43.5 Å². The van der Waals surface area contributed by atoms with E-state index in [2.05, 4.69) is 18.8 Å². The molecule has 0 spiro atoms. The van der Waals surface area contributed by atoms with E-state index in [1.54, 1.807) is 19.1 Å². The van der Waals surface area contributed by atoms with Gasteiger partial charge in [-0.2, -0.15) is 0 Å². The molecule has 0 fully saturated rings. The summed E-state index contributed by atoms with van der Waals surface area (Å²) in [6.07, 6.45) is 2.74. The molecule has 0 aliphatic carbocycles. The lowest BCUT2D eigenvalue weighted by atomic mass is 10.2. The first-order valence-corrected chi connectivity index (χ1v) is 5.98. The highest BCUT2D eigenvalue weighted by atomic mass is 16.5. The second kappa shape index (κ2) is 7.51. The van der Waals surface area contributed by atoms with E-state index >= 15 is 0 Å². The molecule has 0 amide bonds. The van der Waals surface area contributed by atoms with Crippen LogP contribution in [0.4, 0.5) is 0 Å². The maximum Gasteiger partial charge on any atom is 0.339 e. The molecule has 0 aliphatic rings. The largest absolute Gasteiger partial charge is 0.446 e. The van der Waals surface area contributed by atoms with Gasteiger partial charge in [-0.3, -0.25) is 0 Å². The van der Waals surface area contributed by atoms with Crippen molar-refractivity contribution in [3.63, 3.8) is 0 Å². The van der Waals surface area contributed by atoms with Crippen molar-refractivity contribution in [1.29, 1.82) is 0 Å². The molecule has 0 N–H and O–H groups in total. The van der Waals surface area contributed by atoms with Crippen molar-refractivity contribution in [1.82, 2.24) is 0 Å². The smallest absolute Gasteiger partial charge is 0.339 e. The van der Waals surface area contributed by atoms with Gasteiger partial charge in [0.15, 0.2) is 6.10 Å². The molecule has 0 bridgehead atoms. The molecule has 0 radical (unpaired) electrons. The third kappa shape index (κ3) is 5.21. The Labute approximate surface area is 103 Å². The van der Waals surface area contributed by atoms with Gasteiger partial charge >= 0.3 is 5.97 Å². The van der Waals surface area contributed by atoms with Crippen LogP contribution in [0.5, 0.6) is 0 Å². The number of carbonyl (C=O) groups excluding carboxylic acids is 1. The Bertz CT molecular complexity index is 398. The van der Waals surface area contributed by atoms with E-state index in [0.717, 1.165) is 19.3 Å². The minimum absolute atomic E-state index is 0.317. The van der Waals surface area contributed by atoms with Crippen molar-refractivity contribution in [3.8, 4) is 11.8 Å². The average Bonchev–Trinajstić information content (AvgIpc) is 2.36. The van der Waals surface area contributed by atoms with Gasteiger partial charge < -0.3 is 4.74 Å². The Morgan fingerprint density at radius 3 is 2.71 bits per heavy atom. The number of benzene rings is 1. The van der Waals surface area contributed by atoms with Crippen molar-refractivity contribution in [2.24, 2.45) is 0 Å². The van der Waals surface area contributed by atoms with E-state index in [1.807, 2.05) is 18.2 Å². The fourth-order valence-electron chi connectivity index (χ4n) is 1.31. The zero-order valence-electron chi connectivity index (χ0n) is 10.4. The molecular weight excluding hydrogens is 212 g/mol. The molecule has 0 aliphatic heterocycles. The van der Waals surface area contributed by atoms with Crippen LogP contribution in [-0.2, 0) is 4.74 Å². The van der Waals surface area contributed by atoms with Crippen LogP contribution in [0.25, 0.3) is 0 Å². The topological polar surface area (TPSA) is 26.3 Å². The summed E-state index contributed by atoms with van der Waals surface area (Å²) < 4.78 is 5.20. The molecule has 2 nitrogen and oxygen atoms in total. The third-order valence-electron chi connectivity index (χ3n) is 2.25. The van der Waals surface area contributed by atoms with Crippen molar-refractivity contribution in [3.05, 3.63) is 35.9 Å². The average molecular weight is 230 g/mol. The number of esters is 1. The number of carbonyl (C=O) groups is 1. The van der Waals surface area contributed by atoms with E-state index in [1.165, 1.54) is 0 Å². The first kappa shape index (κ1) is 13.3. The molecule has 0 heterocycles. The fourth-order valence-corrected chi connectivity index (χ4v) is 1.31. The first-order chi connectivity index (χ1) is 8.24. The SMILES string of the molecule is CCCCC#CC(C)OC(=O)c1ccccc1. The summed E-state index contributed by atoms with van der Waals surface area (Å²) in [4.78, 5) is 11.7. The van der Waals surface area contributed by atoms with Crippen molar-refractivity contribution in [2.45, 2.75) is 39.2 Å². The highest BCUT2D eigenvalue weighted by Gasteiger charge is 2.08. The van der Waals surface area contributed by atoms with E-state index < -0.39 is 0 Å². The fraction of sp³-hybridized carbons (Fsp3) is 0.400. The number of hydrogen-bond donors (Lipinski definition) is 0. The standard InChI is InChI=1S/C15H18O2/c1-3-4-5-7-10-13(2)17-15(16)14-11-8-6-9-12-14/h6,8-9,11-13H,3-5H2,1-2H3. The highest BCUT2D eigenvalue weighted by molar-refractivity contribution is 5.89. The zero-order chi connectivity index (χ0) is 12.5. The van der Waals surface area contributed by atoms with Crippen LogP contribution in [0.2, 0.25) is 0 Å². The molecule has 2 heteroatoms. The second-order valence-electron chi connectivity index (χ2n) is 3.84. The van der Waals surface area contributed by atoms with Gasteiger partial charge in [0, 0.05) is 6.42 Å². The van der Waals surface area contributed by atoms with Gasteiger partial charge in [0.25, 0.3) is 0 Å². The zero-order valence-corrected chi connectivity index (χ0v) is 10.4. The number of rotatable bonds is 4. The van der Waals surface area contributed by atoms with Crippen LogP contribution in [-0.4, -0.2) is 12.1 Å². The van der Waals surface area contributed by atoms with Crippen molar-refractivity contribution >= 4 is 5.97 Å². The lowest BCUT2D eigenvalue weighted by Gasteiger charge is -2.06. The lowest BCUT2D eigenvalue weighted by molar-refractivity contribution is 0.0438. The Morgan fingerprint density at radius 2 is 2.06 bits per heavy atom. The number of hydrogen-bond acceptors (Lipinski definition) is 2. The van der Waals surface area contributed by atoms with Crippen molar-refractivity contribution in [2.75, 3.05) is 0 Å². The van der Waals surface area contributed by atoms with E-state index in [-0.39, 0.29) is 12.1 Å². The van der Waals surface area contributed by atoms with Gasteiger partial charge in [-0.05, 0) is 25.5 Å². The summed E-state index contributed by atoms with van der Waals surface area (Å²) in [6.45, 7) is 3.92. The molecule has 0 saturated heterocycles. The van der Waals surface area contributed by atoms with Crippen LogP contribution in [0.3, 0.4) is 0 Å². The molecule has 90 valence electrons. The Hall–Kier alpha value is -1.75. The molecule has 1 rings (SSSR count). The Morgan fingerprint density at radius 1 is 1.35 bits per heavy atom. The van der Waals surface area contributed by atoms with E-state index in [9.17, 15) is 4.79 Å². The van der Waals surface area contributed by atoms with Crippen molar-refractivity contribution < 1.29 is 9.53 Å². The summed E-state index contributed by atoms with van der Waals surface area (Å²) in [6, 6.07) is 8.96. The molecule has 1 aromatic rings. The predicted octanol–water partition coefficient (Wildman–Crippen LogP) is 3.43. The summed E-state index contributed by atoms with van der Waals surface area (Å²) in [7, 11) is 0. The van der Waals surface area contributed by atoms with E-state index in [0.29, 0.717) is 5.56 Å². The molecule has 1 aromatic carbocycles. The molecule has 0 aromatic heterocycles. The highest BCUT2D eigenvalue weighted by Crippen LogP contribution is 2.03. The van der Waals surface area contributed by atoms with Crippen LogP contribution in [0.15, 0.2) is 30.3 Å². The summed E-state index contributed by atoms with van der Waals surface area (Å²) >= 11 is 0. The summed E-state index contributed by atoms with van der Waals surface area (Å²) in [5, 5.41) is 0. The minimum Gasteiger partial charge on any atom is -0.446 e. The maximum atomic E-state index is 11.7. The van der Waals surface area contributed by atoms with E-state index in [4.69, 9.17) is 4.74 Å². The van der Waals surface area contributed by atoms with Gasteiger partial charge in [-0.15, -0.1) is 0 Å². The normalized spacial score (nSPS) is 11.2. The van der Waals surface area contributed by atoms with Crippen LogP contribution >= 0.6 is 0 Å². The van der Waals surface area contributed by atoms with Crippen LogP contribution in [0, 0.1) is 11.8 Å². The summed E-state index contributed by atoms with van der Waals surface area (Å²) in [5.74, 6) is 5.62. The van der Waals surface area contributed by atoms with Gasteiger partial charge in [0.05, 0.1) is 5.56 Å². The first-order valence-electron chi connectivity index (χ1n) is 5.98. The Balaban J connectivity index is 2.43. The third-order valence-corrected chi connectivity index (χ3v) is 2.25. The quantitative estimate of drug-likeness (QED) is 0.450. The molecule has 1 unspecified atom stereocenters. The lowest BCUT2D eigenvalue weighted by Crippen LogP contribution is -2.13. The molecule has 0 saturated carbocycles. The van der Waals surface area contributed by atoms with Gasteiger partial charge in [0.2, 0.25) is 0 Å². The second-order valence-corrected chi connectivity index (χ2v) is 3.84. The molecular formula is C15H18O2. The van der Waals surface area contributed by atoms with Gasteiger partial charge in [-0.25, -0.2) is 4.79 Å². The molecule has 17 heavy (non-hydrogen) atoms. The van der Waals surface area contributed by atoms with Crippen LogP contribution < -0.4 is 0 Å². The van der Waals surface area contributed by atoms with Gasteiger partial charge in [0.1, 0.15) is 0 Å². The predicted molar refractivity (Wildman–Crippen MR) is 68.6 cm³/mol. The molecule has 1 atom stereocenters. The number of unbranched alkanes of at least 4 members (excludes halogenated alkanes) is 2. The van der Waals surface area contributed by atoms with Gasteiger partial charge in [-0.1, -0.05) is 43.4 Å². The Kier molecular flexibility index (Phi) is 5.88. The maximum absolute atomic E-state index is 11.7. The summed E-state index contributed by atoms with van der Waals surface area (Å²) in [5.41, 5.74) is 0.565. The monoisotopic (exact) mass is 230 g/mol. The minimum atomic E-state index is -0.348.